The highest BCUT2D eigenvalue weighted by atomic mass is 32.2. The van der Waals surface area contributed by atoms with Gasteiger partial charge >= 0.3 is 6.18 Å². The number of thioether (sulfide) groups is 1. The summed E-state index contributed by atoms with van der Waals surface area (Å²) in [5.41, 5.74) is 2.36. The van der Waals surface area contributed by atoms with E-state index in [0.29, 0.717) is 29.7 Å². The van der Waals surface area contributed by atoms with Gasteiger partial charge in [-0.05, 0) is 56.2 Å². The van der Waals surface area contributed by atoms with Crippen LogP contribution in [0.2, 0.25) is 0 Å². The zero-order chi connectivity index (χ0) is 19.1. The monoisotopic (exact) mass is 400 g/mol. The second kappa shape index (κ2) is 7.29. The van der Waals surface area contributed by atoms with Crippen LogP contribution in [0.3, 0.4) is 0 Å². The number of hydrogen-bond donors (Lipinski definition) is 1. The minimum absolute atomic E-state index is 0.0117. The molecule has 3 atom stereocenters. The van der Waals surface area contributed by atoms with Crippen molar-refractivity contribution in [3.05, 3.63) is 29.8 Å². The Kier molecular flexibility index (Phi) is 5.16. The molecule has 1 aromatic carbocycles. The number of hydroxylamine groups is 1. The second-order valence-corrected chi connectivity index (χ2v) is 8.99. The van der Waals surface area contributed by atoms with Crippen molar-refractivity contribution in [3.8, 4) is 0 Å². The number of nitrogens with one attached hydrogen (secondary N) is 1. The molecule has 4 nitrogen and oxygen atoms in total. The summed E-state index contributed by atoms with van der Waals surface area (Å²) < 4.78 is 44.8. The van der Waals surface area contributed by atoms with Gasteiger partial charge in [0.05, 0.1) is 5.56 Å². The molecule has 3 aliphatic rings. The normalized spacial score (nSPS) is 31.5. The molecule has 1 saturated carbocycles. The first kappa shape index (κ1) is 19.1. The molecule has 148 valence electrons. The first-order valence-electron chi connectivity index (χ1n) is 9.36. The lowest BCUT2D eigenvalue weighted by atomic mass is 9.92. The fourth-order valence-electron chi connectivity index (χ4n) is 3.59. The van der Waals surface area contributed by atoms with Crippen LogP contribution in [-0.4, -0.2) is 29.5 Å². The lowest BCUT2D eigenvalue weighted by Gasteiger charge is -2.39. The average molecular weight is 400 g/mol. The maximum absolute atomic E-state index is 13.0. The van der Waals surface area contributed by atoms with E-state index in [2.05, 4.69) is 17.4 Å². The van der Waals surface area contributed by atoms with E-state index in [9.17, 15) is 13.2 Å². The third-order valence-corrected chi connectivity index (χ3v) is 7.05. The molecule has 2 fully saturated rings. The molecule has 8 heteroatoms. The van der Waals surface area contributed by atoms with E-state index in [1.807, 2.05) is 0 Å². The third-order valence-electron chi connectivity index (χ3n) is 5.47. The molecule has 1 saturated heterocycles. The Hall–Kier alpha value is -1.25. The van der Waals surface area contributed by atoms with Crippen molar-refractivity contribution in [1.82, 2.24) is 5.48 Å². The first-order chi connectivity index (χ1) is 12.9. The van der Waals surface area contributed by atoms with Crippen molar-refractivity contribution >= 4 is 17.7 Å². The summed E-state index contributed by atoms with van der Waals surface area (Å²) >= 11 is 1.51. The molecule has 27 heavy (non-hydrogen) atoms. The molecule has 0 bridgehead atoms. The SMILES string of the molecule is CCC1(Sc2cccc(C(F)(F)F)c2)CCOC(C2=NC(C3CC3)NO2)C1. The quantitative estimate of drug-likeness (QED) is 0.771. The Labute approximate surface area is 160 Å². The number of ether oxygens (including phenoxy) is 1. The van der Waals surface area contributed by atoms with Crippen molar-refractivity contribution in [1.29, 1.82) is 0 Å². The smallest absolute Gasteiger partial charge is 0.388 e. The molecule has 0 amide bonds. The average Bonchev–Trinajstić information content (AvgIpc) is 3.38. The van der Waals surface area contributed by atoms with Crippen LogP contribution in [-0.2, 0) is 15.8 Å². The highest BCUT2D eigenvalue weighted by molar-refractivity contribution is 8.00. The van der Waals surface area contributed by atoms with Crippen molar-refractivity contribution in [3.63, 3.8) is 0 Å². The van der Waals surface area contributed by atoms with E-state index in [-0.39, 0.29) is 17.0 Å². The maximum Gasteiger partial charge on any atom is 0.416 e. The van der Waals surface area contributed by atoms with E-state index < -0.39 is 11.7 Å². The Morgan fingerprint density at radius 3 is 2.85 bits per heavy atom. The van der Waals surface area contributed by atoms with Crippen LogP contribution >= 0.6 is 11.8 Å². The summed E-state index contributed by atoms with van der Waals surface area (Å²) in [6, 6.07) is 5.57. The van der Waals surface area contributed by atoms with Crippen LogP contribution in [0.25, 0.3) is 0 Å². The summed E-state index contributed by atoms with van der Waals surface area (Å²) in [4.78, 5) is 10.8. The number of rotatable bonds is 5. The Morgan fingerprint density at radius 1 is 1.33 bits per heavy atom. The molecular weight excluding hydrogens is 377 g/mol. The number of alkyl halides is 3. The summed E-state index contributed by atoms with van der Waals surface area (Å²) in [6.07, 6.45) is 0.0351. The molecule has 2 aliphatic heterocycles. The number of halogens is 3. The van der Waals surface area contributed by atoms with E-state index in [1.54, 1.807) is 6.07 Å². The van der Waals surface area contributed by atoms with E-state index in [0.717, 1.165) is 31.7 Å². The fourth-order valence-corrected chi connectivity index (χ4v) is 4.99. The summed E-state index contributed by atoms with van der Waals surface area (Å²) in [5.74, 6) is 1.12. The van der Waals surface area contributed by atoms with Crippen LogP contribution in [0.4, 0.5) is 13.2 Å². The lowest BCUT2D eigenvalue weighted by molar-refractivity contribution is -0.137. The molecule has 1 aliphatic carbocycles. The fraction of sp³-hybridized carbons (Fsp3) is 0.632. The van der Waals surface area contributed by atoms with Gasteiger partial charge in [-0.3, -0.25) is 0 Å². The Balaban J connectivity index is 1.49. The van der Waals surface area contributed by atoms with Crippen LogP contribution in [0, 0.1) is 5.92 Å². The standard InChI is InChI=1S/C19H23F3N2O2S/c1-2-18(27-14-5-3-4-13(10-14)19(20,21)22)8-9-25-15(11-18)17-23-16(24-26-17)12-6-7-12/h3-5,10,12,15-16,24H,2,6-9,11H2,1H3. The zero-order valence-electron chi connectivity index (χ0n) is 15.1. The van der Waals surface area contributed by atoms with E-state index in [1.165, 1.54) is 23.9 Å². The third kappa shape index (κ3) is 4.27. The predicted octanol–water partition coefficient (Wildman–Crippen LogP) is 4.79. The van der Waals surface area contributed by atoms with Gasteiger partial charge in [-0.25, -0.2) is 4.99 Å². The predicted molar refractivity (Wildman–Crippen MR) is 97.5 cm³/mol. The molecule has 2 heterocycles. The van der Waals surface area contributed by atoms with Gasteiger partial charge in [0.15, 0.2) is 0 Å². The Bertz CT molecular complexity index is 723. The molecule has 0 radical (unpaired) electrons. The van der Waals surface area contributed by atoms with E-state index in [4.69, 9.17) is 9.57 Å². The maximum atomic E-state index is 13.0. The molecule has 1 N–H and O–H groups in total. The van der Waals surface area contributed by atoms with Gasteiger partial charge in [0, 0.05) is 16.2 Å². The van der Waals surface area contributed by atoms with Gasteiger partial charge in [-0.15, -0.1) is 17.2 Å². The molecule has 0 aromatic heterocycles. The minimum atomic E-state index is -4.33. The number of nitrogens with zero attached hydrogens (tertiary/aromatic N) is 1. The van der Waals surface area contributed by atoms with Crippen LogP contribution in [0.15, 0.2) is 34.2 Å². The van der Waals surface area contributed by atoms with Gasteiger partial charge in [-0.2, -0.15) is 13.2 Å². The van der Waals surface area contributed by atoms with Gasteiger partial charge in [0.1, 0.15) is 12.3 Å². The topological polar surface area (TPSA) is 42.8 Å². The van der Waals surface area contributed by atoms with Gasteiger partial charge in [-0.1, -0.05) is 13.0 Å². The number of aliphatic imine (C=N–C) groups is 1. The highest BCUT2D eigenvalue weighted by Crippen LogP contribution is 2.46. The first-order valence-corrected chi connectivity index (χ1v) is 10.2. The van der Waals surface area contributed by atoms with Crippen LogP contribution in [0.1, 0.15) is 44.6 Å². The molecule has 1 aromatic rings. The van der Waals surface area contributed by atoms with Crippen LogP contribution < -0.4 is 5.48 Å². The van der Waals surface area contributed by atoms with Crippen molar-refractivity contribution < 1.29 is 22.7 Å². The Morgan fingerprint density at radius 2 is 2.15 bits per heavy atom. The van der Waals surface area contributed by atoms with Gasteiger partial charge < -0.3 is 9.57 Å². The van der Waals surface area contributed by atoms with Crippen molar-refractivity contribution in [2.24, 2.45) is 10.9 Å². The van der Waals surface area contributed by atoms with Gasteiger partial charge in [0.2, 0.25) is 5.90 Å². The van der Waals surface area contributed by atoms with Crippen LogP contribution in [0.5, 0.6) is 0 Å². The molecule has 4 rings (SSSR count). The molecular formula is C19H23F3N2O2S. The van der Waals surface area contributed by atoms with Crippen molar-refractivity contribution in [2.45, 2.75) is 67.1 Å². The zero-order valence-corrected chi connectivity index (χ0v) is 15.9. The summed E-state index contributed by atoms with van der Waals surface area (Å²) in [6.45, 7) is 2.62. The van der Waals surface area contributed by atoms with Gasteiger partial charge in [0.25, 0.3) is 0 Å². The molecule has 3 unspecified atom stereocenters. The lowest BCUT2D eigenvalue weighted by Crippen LogP contribution is -2.42. The van der Waals surface area contributed by atoms with Crippen molar-refractivity contribution in [2.75, 3.05) is 6.61 Å². The molecule has 0 spiro atoms. The largest absolute Gasteiger partial charge is 0.416 e. The minimum Gasteiger partial charge on any atom is -0.388 e. The number of hydrogen-bond acceptors (Lipinski definition) is 5. The second-order valence-electron chi connectivity index (χ2n) is 7.45. The number of benzene rings is 1. The van der Waals surface area contributed by atoms with E-state index >= 15 is 0 Å². The highest BCUT2D eigenvalue weighted by Gasteiger charge is 2.43. The summed E-state index contributed by atoms with van der Waals surface area (Å²) in [5, 5.41) is 0. The summed E-state index contributed by atoms with van der Waals surface area (Å²) in [7, 11) is 0.